The molecule has 0 spiro atoms. The number of anilines is 2. The molecule has 1 aliphatic rings. The van der Waals surface area contributed by atoms with E-state index in [9.17, 15) is 26.4 Å². The Balaban J connectivity index is 1.59. The molecule has 2 aromatic heterocycles. The van der Waals surface area contributed by atoms with Crippen LogP contribution in [-0.4, -0.2) is 61.1 Å². The number of aromatic amines is 1. The van der Waals surface area contributed by atoms with Crippen LogP contribution in [-0.2, 0) is 19.4 Å². The summed E-state index contributed by atoms with van der Waals surface area (Å²) in [6.07, 6.45) is -3.51. The molecule has 14 heteroatoms. The fourth-order valence-corrected chi connectivity index (χ4v) is 6.34. The Morgan fingerprint density at radius 3 is 2.47 bits per heavy atom. The maximum atomic E-state index is 14.1. The van der Waals surface area contributed by atoms with E-state index in [1.807, 2.05) is 6.92 Å². The van der Waals surface area contributed by atoms with Gasteiger partial charge in [0.15, 0.2) is 17.9 Å². The minimum atomic E-state index is -4.74. The Bertz CT molecular complexity index is 1420. The van der Waals surface area contributed by atoms with Crippen LogP contribution >= 0.6 is 11.6 Å². The molecule has 1 amide bonds. The van der Waals surface area contributed by atoms with Crippen molar-refractivity contribution in [1.29, 1.82) is 0 Å². The van der Waals surface area contributed by atoms with E-state index in [1.165, 1.54) is 24.3 Å². The third kappa shape index (κ3) is 5.89. The first-order valence-electron chi connectivity index (χ1n) is 11.8. The summed E-state index contributed by atoms with van der Waals surface area (Å²) in [5, 5.41) is 6.50. The van der Waals surface area contributed by atoms with Gasteiger partial charge in [-0.15, -0.1) is 4.52 Å². The number of nitrogens with one attached hydrogen (secondary N) is 2. The van der Waals surface area contributed by atoms with Gasteiger partial charge in [-0.1, -0.05) is 23.7 Å². The number of rotatable bonds is 7. The van der Waals surface area contributed by atoms with Gasteiger partial charge in [-0.3, -0.25) is 4.79 Å². The lowest BCUT2D eigenvalue weighted by Gasteiger charge is -2.34. The molecule has 3 aromatic rings. The highest BCUT2D eigenvalue weighted by atomic mass is 35.5. The van der Waals surface area contributed by atoms with Gasteiger partial charge in [-0.05, 0) is 42.4 Å². The quantitative estimate of drug-likeness (QED) is 0.411. The summed E-state index contributed by atoms with van der Waals surface area (Å²) in [6.45, 7) is 1.83. The van der Waals surface area contributed by atoms with E-state index < -0.39 is 33.9 Å². The van der Waals surface area contributed by atoms with Crippen LogP contribution in [0.2, 0.25) is 5.15 Å². The zero-order chi connectivity index (χ0) is 27.8. The fraction of sp³-hybridized carbons (Fsp3) is 0.458. The van der Waals surface area contributed by atoms with Crippen molar-refractivity contribution < 1.29 is 35.6 Å². The summed E-state index contributed by atoms with van der Waals surface area (Å²) < 4.78 is 72.9. The fourth-order valence-electron chi connectivity index (χ4n) is 4.67. The lowest BCUT2D eigenvalue weighted by molar-refractivity contribution is -0.591. The molecule has 1 aliphatic heterocycles. The number of nitrogens with zero attached hydrogens (tertiary/aromatic N) is 3. The number of carbonyl (C=O) groups is 1. The van der Waals surface area contributed by atoms with Crippen molar-refractivity contribution in [2.75, 3.05) is 31.0 Å². The SMILES string of the molecule is CO[C@@H](C)c1c(Nc2ccc([C@H](N(C)C(=O)C3CCS(=O)(=O)CC3)C(F)(F)F)cc2)cnc2cc(Cl)[nH][n+]12. The number of amides is 1. The van der Waals surface area contributed by atoms with Crippen LogP contribution in [0.1, 0.15) is 43.2 Å². The standard InChI is InChI=1S/C24H27ClF3N5O4S/c1-14(37-3)21-18(13-29-20-12-19(25)31-33(20)21)30-17-6-4-15(5-7-17)22(24(26,27)28)32(2)23(34)16-8-10-38(35,36)11-9-16/h4-7,12-14,16,22,30H,8-11H2,1-3H3/p+1/t14-,22-/m0/s1. The Kier molecular flexibility index (Phi) is 7.91. The van der Waals surface area contributed by atoms with Gasteiger partial charge in [0, 0.05) is 25.8 Å². The topological polar surface area (TPSA) is 108 Å². The Morgan fingerprint density at radius 2 is 1.89 bits per heavy atom. The van der Waals surface area contributed by atoms with Crippen molar-refractivity contribution in [3.8, 4) is 0 Å². The van der Waals surface area contributed by atoms with Crippen molar-refractivity contribution in [2.24, 2.45) is 5.92 Å². The molecule has 0 radical (unpaired) electrons. The van der Waals surface area contributed by atoms with Crippen LogP contribution in [0, 0.1) is 5.92 Å². The molecule has 1 saturated heterocycles. The van der Waals surface area contributed by atoms with E-state index in [2.05, 4.69) is 15.4 Å². The smallest absolute Gasteiger partial charge is 0.373 e. The van der Waals surface area contributed by atoms with E-state index in [4.69, 9.17) is 16.3 Å². The highest BCUT2D eigenvalue weighted by Gasteiger charge is 2.46. The predicted molar refractivity (Wildman–Crippen MR) is 135 cm³/mol. The van der Waals surface area contributed by atoms with Crippen LogP contribution in [0.4, 0.5) is 24.5 Å². The molecule has 38 heavy (non-hydrogen) atoms. The van der Waals surface area contributed by atoms with E-state index in [0.29, 0.717) is 32.8 Å². The highest BCUT2D eigenvalue weighted by Crippen LogP contribution is 2.39. The molecule has 3 heterocycles. The summed E-state index contributed by atoms with van der Waals surface area (Å²) in [4.78, 5) is 17.9. The second-order valence-corrected chi connectivity index (χ2v) is 12.0. The van der Waals surface area contributed by atoms with Crippen molar-refractivity contribution in [3.63, 3.8) is 0 Å². The molecule has 0 unspecified atom stereocenters. The van der Waals surface area contributed by atoms with Gasteiger partial charge in [0.1, 0.15) is 26.8 Å². The number of sulfone groups is 1. The number of fused-ring (bicyclic) bond motifs is 1. The summed E-state index contributed by atoms with van der Waals surface area (Å²) in [5.41, 5.74) is 2.15. The normalized spacial score (nSPS) is 17.8. The van der Waals surface area contributed by atoms with Crippen LogP contribution in [0.3, 0.4) is 0 Å². The molecule has 1 fully saturated rings. The van der Waals surface area contributed by atoms with Crippen molar-refractivity contribution in [3.05, 3.63) is 52.9 Å². The molecule has 0 saturated carbocycles. The Labute approximate surface area is 222 Å². The molecule has 0 bridgehead atoms. The number of methoxy groups -OCH3 is 1. The summed E-state index contributed by atoms with van der Waals surface area (Å²) in [5.74, 6) is -1.89. The molecule has 2 N–H and O–H groups in total. The summed E-state index contributed by atoms with van der Waals surface area (Å²) >= 11 is 6.08. The van der Waals surface area contributed by atoms with Crippen molar-refractivity contribution >= 4 is 44.4 Å². The van der Waals surface area contributed by atoms with E-state index in [1.54, 1.807) is 23.9 Å². The lowest BCUT2D eigenvalue weighted by Crippen LogP contribution is -2.44. The van der Waals surface area contributed by atoms with Crippen molar-refractivity contribution in [1.82, 2.24) is 15.0 Å². The molecule has 1 aromatic carbocycles. The highest BCUT2D eigenvalue weighted by molar-refractivity contribution is 7.91. The minimum absolute atomic E-state index is 0.0174. The van der Waals surface area contributed by atoms with Crippen molar-refractivity contribution in [2.45, 2.75) is 38.1 Å². The Morgan fingerprint density at radius 1 is 1.26 bits per heavy atom. The zero-order valence-electron chi connectivity index (χ0n) is 20.9. The lowest BCUT2D eigenvalue weighted by atomic mass is 9.98. The van der Waals surface area contributed by atoms with Crippen LogP contribution in [0.25, 0.3) is 5.65 Å². The maximum absolute atomic E-state index is 14.1. The Hall–Kier alpha value is -2.90. The van der Waals surface area contributed by atoms with Crippen LogP contribution in [0.5, 0.6) is 0 Å². The molecule has 206 valence electrons. The average Bonchev–Trinajstić information content (AvgIpc) is 3.23. The number of hydrogen-bond acceptors (Lipinski definition) is 6. The van der Waals surface area contributed by atoms with E-state index in [0.717, 1.165) is 7.05 Å². The third-order valence-electron chi connectivity index (χ3n) is 6.74. The molecule has 4 rings (SSSR count). The van der Waals surface area contributed by atoms with Gasteiger partial charge < -0.3 is 15.0 Å². The number of H-pyrrole nitrogens is 1. The zero-order valence-corrected chi connectivity index (χ0v) is 22.5. The maximum Gasteiger partial charge on any atom is 0.413 e. The largest absolute Gasteiger partial charge is 0.413 e. The molecule has 2 atom stereocenters. The minimum Gasteiger partial charge on any atom is -0.373 e. The number of ether oxygens (including phenoxy) is 1. The number of aromatic nitrogens is 3. The van der Waals surface area contributed by atoms with Gasteiger partial charge >= 0.3 is 11.8 Å². The van der Waals surface area contributed by atoms with E-state index in [-0.39, 0.29) is 36.0 Å². The number of halogens is 4. The van der Waals surface area contributed by atoms with E-state index >= 15 is 0 Å². The second-order valence-electron chi connectivity index (χ2n) is 9.30. The van der Waals surface area contributed by atoms with Gasteiger partial charge in [-0.25, -0.2) is 13.5 Å². The van der Waals surface area contributed by atoms with Crippen LogP contribution < -0.4 is 9.83 Å². The van der Waals surface area contributed by atoms with Gasteiger partial charge in [0.05, 0.1) is 17.6 Å². The third-order valence-corrected chi connectivity index (χ3v) is 8.65. The predicted octanol–water partition coefficient (Wildman–Crippen LogP) is 4.14. The monoisotopic (exact) mass is 574 g/mol. The molecule has 9 nitrogen and oxygen atoms in total. The molecular formula is C24H28ClF3N5O4S+. The number of carbonyl (C=O) groups excluding carboxylic acids is 1. The van der Waals surface area contributed by atoms with Crippen LogP contribution in [0.15, 0.2) is 36.5 Å². The van der Waals surface area contributed by atoms with Gasteiger partial charge in [-0.2, -0.15) is 13.2 Å². The first kappa shape index (κ1) is 28.1. The first-order chi connectivity index (χ1) is 17.8. The molecular weight excluding hydrogens is 547 g/mol. The number of hydrogen-bond donors (Lipinski definition) is 2. The number of alkyl halides is 3. The van der Waals surface area contributed by atoms with Gasteiger partial charge in [0.2, 0.25) is 5.91 Å². The van der Waals surface area contributed by atoms with Gasteiger partial charge in [0.25, 0.3) is 0 Å². The summed E-state index contributed by atoms with van der Waals surface area (Å²) in [6, 6.07) is 5.04. The first-order valence-corrected chi connectivity index (χ1v) is 14.0. The summed E-state index contributed by atoms with van der Waals surface area (Å²) in [7, 11) is -0.602. The number of benzene rings is 1. The average molecular weight is 575 g/mol. The second kappa shape index (κ2) is 10.7. The molecule has 0 aliphatic carbocycles.